The van der Waals surface area contributed by atoms with Crippen LogP contribution in [-0.2, 0) is 6.42 Å². The monoisotopic (exact) mass is 309 g/mol. The molecule has 2 aromatic heterocycles. The second-order valence-electron chi connectivity index (χ2n) is 3.47. The lowest BCUT2D eigenvalue weighted by Gasteiger charge is -2.03. The molecule has 2 aromatic rings. The van der Waals surface area contributed by atoms with Gasteiger partial charge in [-0.1, -0.05) is 13.0 Å². The van der Waals surface area contributed by atoms with Crippen molar-refractivity contribution < 1.29 is 0 Å². The lowest BCUT2D eigenvalue weighted by molar-refractivity contribution is 0.802. The average Bonchev–Trinajstić information content (AvgIpc) is 2.30. The van der Waals surface area contributed by atoms with Gasteiger partial charge in [0.25, 0.3) is 0 Å². The van der Waals surface area contributed by atoms with E-state index in [1.54, 1.807) is 18.0 Å². The summed E-state index contributed by atoms with van der Waals surface area (Å²) >= 11 is 4.96. The molecule has 5 heteroatoms. The van der Waals surface area contributed by atoms with Crippen LogP contribution in [0.5, 0.6) is 0 Å². The Labute approximate surface area is 113 Å². The summed E-state index contributed by atoms with van der Waals surface area (Å²) in [5.74, 6) is 0.875. The summed E-state index contributed by atoms with van der Waals surface area (Å²) in [5.41, 5.74) is 0. The van der Waals surface area contributed by atoms with Crippen LogP contribution in [0.4, 0.5) is 0 Å². The predicted molar refractivity (Wildman–Crippen MR) is 72.1 cm³/mol. The second-order valence-corrected chi connectivity index (χ2v) is 5.32. The van der Waals surface area contributed by atoms with Crippen molar-refractivity contribution in [1.82, 2.24) is 15.0 Å². The molecule has 0 aliphatic rings. The third kappa shape index (κ3) is 3.78. The molecule has 0 aromatic carbocycles. The molecule has 0 fully saturated rings. The third-order valence-corrected chi connectivity index (χ3v) is 3.31. The smallest absolute Gasteiger partial charge is 0.130 e. The summed E-state index contributed by atoms with van der Waals surface area (Å²) in [6.45, 7) is 2.12. The highest BCUT2D eigenvalue weighted by molar-refractivity contribution is 9.10. The van der Waals surface area contributed by atoms with E-state index in [9.17, 15) is 0 Å². The van der Waals surface area contributed by atoms with Crippen molar-refractivity contribution in [2.24, 2.45) is 0 Å². The Balaban J connectivity index is 2.21. The first-order valence-electron chi connectivity index (χ1n) is 5.40. The number of rotatable bonds is 4. The van der Waals surface area contributed by atoms with E-state index >= 15 is 0 Å². The van der Waals surface area contributed by atoms with Gasteiger partial charge in [-0.25, -0.2) is 15.0 Å². The van der Waals surface area contributed by atoms with Gasteiger partial charge in [0.1, 0.15) is 20.5 Å². The van der Waals surface area contributed by atoms with Gasteiger partial charge in [-0.05, 0) is 46.2 Å². The van der Waals surface area contributed by atoms with Crippen LogP contribution in [0, 0.1) is 0 Å². The Morgan fingerprint density at radius 2 is 2.12 bits per heavy atom. The minimum absolute atomic E-state index is 0.828. The van der Waals surface area contributed by atoms with Crippen molar-refractivity contribution in [3.8, 4) is 0 Å². The van der Waals surface area contributed by atoms with E-state index in [2.05, 4.69) is 37.8 Å². The fourth-order valence-electron chi connectivity index (χ4n) is 1.34. The highest BCUT2D eigenvalue weighted by Gasteiger charge is 2.04. The van der Waals surface area contributed by atoms with E-state index in [1.165, 1.54) is 0 Å². The van der Waals surface area contributed by atoms with Crippen LogP contribution >= 0.6 is 27.7 Å². The quantitative estimate of drug-likeness (QED) is 0.807. The summed E-state index contributed by atoms with van der Waals surface area (Å²) in [6, 6.07) is 7.76. The predicted octanol–water partition coefficient (Wildman–Crippen LogP) is 3.74. The first kappa shape index (κ1) is 12.5. The molecule has 0 atom stereocenters. The number of aryl methyl sites for hydroxylation is 1. The van der Waals surface area contributed by atoms with Crippen molar-refractivity contribution in [1.29, 1.82) is 0 Å². The van der Waals surface area contributed by atoms with Gasteiger partial charge in [0, 0.05) is 18.7 Å². The van der Waals surface area contributed by atoms with E-state index in [0.29, 0.717) is 0 Å². The highest BCUT2D eigenvalue weighted by Crippen LogP contribution is 2.25. The van der Waals surface area contributed by atoms with Crippen molar-refractivity contribution in [2.75, 3.05) is 0 Å². The molecular weight excluding hydrogens is 298 g/mol. The molecular formula is C12H12BrN3S. The molecule has 0 N–H and O–H groups in total. The van der Waals surface area contributed by atoms with Crippen molar-refractivity contribution in [3.05, 3.63) is 40.9 Å². The van der Waals surface area contributed by atoms with Crippen LogP contribution in [0.2, 0.25) is 0 Å². The van der Waals surface area contributed by atoms with Crippen molar-refractivity contribution in [3.63, 3.8) is 0 Å². The lowest BCUT2D eigenvalue weighted by Crippen LogP contribution is -1.96. The van der Waals surface area contributed by atoms with Gasteiger partial charge in [-0.3, -0.25) is 0 Å². The molecule has 17 heavy (non-hydrogen) atoms. The minimum Gasteiger partial charge on any atom is -0.250 e. The SMILES string of the molecule is CCCc1nc(Br)cc(Sc2ccccn2)n1. The van der Waals surface area contributed by atoms with Crippen LogP contribution < -0.4 is 0 Å². The molecule has 0 unspecified atom stereocenters. The number of hydrogen-bond donors (Lipinski definition) is 0. The Hall–Kier alpha value is -0.940. The first-order chi connectivity index (χ1) is 8.28. The topological polar surface area (TPSA) is 38.7 Å². The third-order valence-electron chi connectivity index (χ3n) is 2.04. The summed E-state index contributed by atoms with van der Waals surface area (Å²) in [5, 5.41) is 1.87. The fraction of sp³-hybridized carbons (Fsp3) is 0.250. The van der Waals surface area contributed by atoms with Crippen molar-refractivity contribution in [2.45, 2.75) is 29.8 Å². The molecule has 2 rings (SSSR count). The van der Waals surface area contributed by atoms with Crippen LogP contribution in [0.3, 0.4) is 0 Å². The fourth-order valence-corrected chi connectivity index (χ4v) is 2.71. The molecule has 0 bridgehead atoms. The van der Waals surface area contributed by atoms with Crippen LogP contribution in [0.15, 0.2) is 45.1 Å². The molecule has 0 saturated carbocycles. The number of halogens is 1. The standard InChI is InChI=1S/C12H12BrN3S/c1-2-5-10-15-9(13)8-12(16-10)17-11-6-3-4-7-14-11/h3-4,6-8H,2,5H2,1H3. The normalized spacial score (nSPS) is 10.5. The number of nitrogens with zero attached hydrogens (tertiary/aromatic N) is 3. The lowest BCUT2D eigenvalue weighted by atomic mass is 10.3. The zero-order valence-electron chi connectivity index (χ0n) is 9.43. The number of hydrogen-bond acceptors (Lipinski definition) is 4. The van der Waals surface area contributed by atoms with Gasteiger partial charge in [0.2, 0.25) is 0 Å². The van der Waals surface area contributed by atoms with Gasteiger partial charge >= 0.3 is 0 Å². The van der Waals surface area contributed by atoms with E-state index in [-0.39, 0.29) is 0 Å². The number of aromatic nitrogens is 3. The van der Waals surface area contributed by atoms with Gasteiger partial charge in [-0.2, -0.15) is 0 Å². The Morgan fingerprint density at radius 1 is 1.24 bits per heavy atom. The molecule has 0 spiro atoms. The maximum absolute atomic E-state index is 4.50. The maximum atomic E-state index is 4.50. The summed E-state index contributed by atoms with van der Waals surface area (Å²) < 4.78 is 0.828. The van der Waals surface area contributed by atoms with Gasteiger partial charge in [0.05, 0.1) is 0 Å². The van der Waals surface area contributed by atoms with Crippen molar-refractivity contribution >= 4 is 27.7 Å². The van der Waals surface area contributed by atoms with Gasteiger partial charge in [-0.15, -0.1) is 0 Å². The molecule has 2 heterocycles. The summed E-state index contributed by atoms with van der Waals surface area (Å²) in [6.07, 6.45) is 3.73. The molecule has 0 aliphatic carbocycles. The second kappa shape index (κ2) is 6.12. The van der Waals surface area contributed by atoms with E-state index in [0.717, 1.165) is 33.3 Å². The average molecular weight is 310 g/mol. The molecule has 0 radical (unpaired) electrons. The van der Waals surface area contributed by atoms with Crippen LogP contribution in [-0.4, -0.2) is 15.0 Å². The van der Waals surface area contributed by atoms with Gasteiger partial charge < -0.3 is 0 Å². The zero-order valence-corrected chi connectivity index (χ0v) is 11.8. The Kier molecular flexibility index (Phi) is 4.50. The maximum Gasteiger partial charge on any atom is 0.130 e. The summed E-state index contributed by atoms with van der Waals surface area (Å²) in [7, 11) is 0. The summed E-state index contributed by atoms with van der Waals surface area (Å²) in [4.78, 5) is 13.1. The minimum atomic E-state index is 0.828. The zero-order chi connectivity index (χ0) is 12.1. The molecule has 0 aliphatic heterocycles. The molecule has 3 nitrogen and oxygen atoms in total. The van der Waals surface area contributed by atoms with Crippen LogP contribution in [0.1, 0.15) is 19.2 Å². The van der Waals surface area contributed by atoms with E-state index in [4.69, 9.17) is 0 Å². The van der Waals surface area contributed by atoms with E-state index in [1.807, 2.05) is 24.3 Å². The Bertz CT molecular complexity index is 490. The number of pyridine rings is 1. The van der Waals surface area contributed by atoms with E-state index < -0.39 is 0 Å². The molecule has 0 saturated heterocycles. The Morgan fingerprint density at radius 3 is 2.82 bits per heavy atom. The first-order valence-corrected chi connectivity index (χ1v) is 7.01. The molecule has 0 amide bonds. The largest absolute Gasteiger partial charge is 0.250 e. The van der Waals surface area contributed by atoms with Gasteiger partial charge in [0.15, 0.2) is 0 Å². The highest BCUT2D eigenvalue weighted by atomic mass is 79.9. The molecule has 88 valence electrons. The van der Waals surface area contributed by atoms with Crippen LogP contribution in [0.25, 0.3) is 0 Å².